The summed E-state index contributed by atoms with van der Waals surface area (Å²) in [5, 5.41) is 4.09. The van der Waals surface area contributed by atoms with Crippen LogP contribution in [0.4, 0.5) is 5.69 Å². The van der Waals surface area contributed by atoms with E-state index in [9.17, 15) is 4.79 Å². The number of fused-ring (bicyclic) bond motifs is 1. The number of aliphatic imine (C=N–C) groups is 1. The van der Waals surface area contributed by atoms with Crippen molar-refractivity contribution in [3.8, 4) is 0 Å². The molecule has 0 aliphatic rings. The van der Waals surface area contributed by atoms with Crippen LogP contribution in [0.2, 0.25) is 0 Å². The second kappa shape index (κ2) is 5.16. The number of carbonyl (C=O) groups is 1. The molecule has 0 N–H and O–H groups in total. The molecule has 0 bridgehead atoms. The van der Waals surface area contributed by atoms with E-state index in [2.05, 4.69) is 4.99 Å². The monoisotopic (exact) mass is 265 g/mol. The summed E-state index contributed by atoms with van der Waals surface area (Å²) in [7, 11) is 0. The van der Waals surface area contributed by atoms with Gasteiger partial charge in [0.25, 0.3) is 0 Å². The third-order valence-electron chi connectivity index (χ3n) is 2.92. The van der Waals surface area contributed by atoms with Crippen molar-refractivity contribution in [3.63, 3.8) is 0 Å². The number of thiophene rings is 1. The minimum absolute atomic E-state index is 0.617. The minimum Gasteiger partial charge on any atom is -0.298 e. The van der Waals surface area contributed by atoms with Crippen molar-refractivity contribution < 1.29 is 4.79 Å². The summed E-state index contributed by atoms with van der Waals surface area (Å²) in [6, 6.07) is 15.7. The SMILES string of the molecule is O=Cc1ccc2ccccc2c1N=Cc1cccs1. The van der Waals surface area contributed by atoms with Gasteiger partial charge in [-0.15, -0.1) is 11.3 Å². The van der Waals surface area contributed by atoms with Gasteiger partial charge in [0.15, 0.2) is 6.29 Å². The minimum atomic E-state index is 0.617. The van der Waals surface area contributed by atoms with Gasteiger partial charge < -0.3 is 0 Å². The van der Waals surface area contributed by atoms with Crippen LogP contribution in [0.5, 0.6) is 0 Å². The van der Waals surface area contributed by atoms with Crippen molar-refractivity contribution in [2.45, 2.75) is 0 Å². The molecule has 0 aliphatic carbocycles. The van der Waals surface area contributed by atoms with Crippen LogP contribution in [0.25, 0.3) is 10.8 Å². The van der Waals surface area contributed by atoms with Crippen LogP contribution in [-0.4, -0.2) is 12.5 Å². The fourth-order valence-electron chi connectivity index (χ4n) is 2.00. The zero-order chi connectivity index (χ0) is 13.1. The molecule has 3 rings (SSSR count). The van der Waals surface area contributed by atoms with E-state index in [0.29, 0.717) is 5.56 Å². The molecule has 92 valence electrons. The lowest BCUT2D eigenvalue weighted by molar-refractivity contribution is 0.112. The first-order valence-electron chi connectivity index (χ1n) is 5.93. The molecule has 0 aliphatic heterocycles. The summed E-state index contributed by atoms with van der Waals surface area (Å²) in [4.78, 5) is 16.7. The van der Waals surface area contributed by atoms with Gasteiger partial charge in [-0.25, -0.2) is 0 Å². The van der Waals surface area contributed by atoms with E-state index < -0.39 is 0 Å². The number of benzene rings is 2. The van der Waals surface area contributed by atoms with E-state index in [0.717, 1.165) is 27.6 Å². The zero-order valence-corrected chi connectivity index (χ0v) is 10.9. The largest absolute Gasteiger partial charge is 0.298 e. The second-order valence-electron chi connectivity index (χ2n) is 4.12. The molecular weight excluding hydrogens is 254 g/mol. The molecule has 19 heavy (non-hydrogen) atoms. The Morgan fingerprint density at radius 1 is 1.00 bits per heavy atom. The third-order valence-corrected chi connectivity index (χ3v) is 3.73. The van der Waals surface area contributed by atoms with Gasteiger partial charge >= 0.3 is 0 Å². The van der Waals surface area contributed by atoms with Crippen molar-refractivity contribution in [2.24, 2.45) is 4.99 Å². The van der Waals surface area contributed by atoms with Crippen LogP contribution >= 0.6 is 11.3 Å². The highest BCUT2D eigenvalue weighted by atomic mass is 32.1. The normalized spacial score (nSPS) is 11.2. The number of carbonyl (C=O) groups excluding carboxylic acids is 1. The molecule has 2 aromatic carbocycles. The van der Waals surface area contributed by atoms with Crippen LogP contribution in [0, 0.1) is 0 Å². The number of rotatable bonds is 3. The van der Waals surface area contributed by atoms with Crippen molar-refractivity contribution in [1.29, 1.82) is 0 Å². The average Bonchev–Trinajstić information content (AvgIpc) is 2.97. The molecule has 0 saturated carbocycles. The Balaban J connectivity index is 2.17. The van der Waals surface area contributed by atoms with Gasteiger partial charge in [-0.2, -0.15) is 0 Å². The van der Waals surface area contributed by atoms with E-state index in [4.69, 9.17) is 0 Å². The maximum Gasteiger partial charge on any atom is 0.152 e. The topological polar surface area (TPSA) is 29.4 Å². The first-order valence-corrected chi connectivity index (χ1v) is 6.81. The van der Waals surface area contributed by atoms with Crippen molar-refractivity contribution in [3.05, 3.63) is 64.4 Å². The average molecular weight is 265 g/mol. The Bertz CT molecular complexity index is 745. The molecule has 0 fully saturated rings. The fourth-order valence-corrected chi connectivity index (χ4v) is 2.59. The van der Waals surface area contributed by atoms with Crippen molar-refractivity contribution in [2.75, 3.05) is 0 Å². The van der Waals surface area contributed by atoms with Gasteiger partial charge in [0.1, 0.15) is 0 Å². The summed E-state index contributed by atoms with van der Waals surface area (Å²) >= 11 is 1.62. The van der Waals surface area contributed by atoms with E-state index in [1.165, 1.54) is 0 Å². The molecule has 1 aromatic heterocycles. The summed E-state index contributed by atoms with van der Waals surface area (Å²) in [6.45, 7) is 0. The Morgan fingerprint density at radius 2 is 1.89 bits per heavy atom. The second-order valence-corrected chi connectivity index (χ2v) is 5.10. The van der Waals surface area contributed by atoms with E-state index in [1.54, 1.807) is 17.6 Å². The molecule has 3 heteroatoms. The molecule has 1 heterocycles. The first-order chi connectivity index (χ1) is 9.38. The van der Waals surface area contributed by atoms with Crippen molar-refractivity contribution >= 4 is 40.3 Å². The lowest BCUT2D eigenvalue weighted by Crippen LogP contribution is -1.84. The highest BCUT2D eigenvalue weighted by Crippen LogP contribution is 2.29. The standard InChI is InChI=1S/C16H11NOS/c18-11-13-8-7-12-4-1-2-6-15(12)16(13)17-10-14-5-3-9-19-14/h1-11H. The van der Waals surface area contributed by atoms with Crippen molar-refractivity contribution in [1.82, 2.24) is 0 Å². The van der Waals surface area contributed by atoms with Crippen LogP contribution in [0.3, 0.4) is 0 Å². The molecule has 0 radical (unpaired) electrons. The summed E-state index contributed by atoms with van der Waals surface area (Å²) in [5.41, 5.74) is 1.35. The third kappa shape index (κ3) is 2.33. The van der Waals surface area contributed by atoms with Crippen LogP contribution in [0.15, 0.2) is 58.9 Å². The highest BCUT2D eigenvalue weighted by Gasteiger charge is 2.05. The smallest absolute Gasteiger partial charge is 0.152 e. The molecule has 0 amide bonds. The van der Waals surface area contributed by atoms with Crippen LogP contribution in [0.1, 0.15) is 15.2 Å². The Kier molecular flexibility index (Phi) is 3.21. The van der Waals surface area contributed by atoms with E-state index >= 15 is 0 Å². The van der Waals surface area contributed by atoms with E-state index in [-0.39, 0.29) is 0 Å². The van der Waals surface area contributed by atoms with Gasteiger partial charge in [-0.1, -0.05) is 36.4 Å². The number of nitrogens with zero attached hydrogens (tertiary/aromatic N) is 1. The lowest BCUT2D eigenvalue weighted by atomic mass is 10.0. The van der Waals surface area contributed by atoms with E-state index in [1.807, 2.05) is 53.9 Å². The lowest BCUT2D eigenvalue weighted by Gasteiger charge is -2.04. The predicted octanol–water partition coefficient (Wildman–Crippen LogP) is 4.46. The molecular formula is C16H11NOS. The summed E-state index contributed by atoms with van der Waals surface area (Å²) in [6.07, 6.45) is 2.66. The van der Waals surface area contributed by atoms with Gasteiger partial charge in [-0.3, -0.25) is 9.79 Å². The van der Waals surface area contributed by atoms with Crippen LogP contribution in [-0.2, 0) is 0 Å². The molecule has 0 atom stereocenters. The molecule has 0 spiro atoms. The highest BCUT2D eigenvalue weighted by molar-refractivity contribution is 7.11. The van der Waals surface area contributed by atoms with Gasteiger partial charge in [0.2, 0.25) is 0 Å². The first kappa shape index (κ1) is 11.8. The van der Waals surface area contributed by atoms with Gasteiger partial charge in [0.05, 0.1) is 5.69 Å². The maximum absolute atomic E-state index is 11.2. The molecule has 3 aromatic rings. The Hall–Kier alpha value is -2.26. The predicted molar refractivity (Wildman–Crippen MR) is 80.9 cm³/mol. The summed E-state index contributed by atoms with van der Waals surface area (Å²) in [5.74, 6) is 0. The summed E-state index contributed by atoms with van der Waals surface area (Å²) < 4.78 is 0. The number of aldehydes is 1. The van der Waals surface area contributed by atoms with Gasteiger partial charge in [0, 0.05) is 22.0 Å². The van der Waals surface area contributed by atoms with Crippen LogP contribution < -0.4 is 0 Å². The maximum atomic E-state index is 11.2. The molecule has 0 unspecified atom stereocenters. The Morgan fingerprint density at radius 3 is 2.68 bits per heavy atom. The number of hydrogen-bond acceptors (Lipinski definition) is 3. The Labute approximate surface area is 115 Å². The quantitative estimate of drug-likeness (QED) is 0.507. The fraction of sp³-hybridized carbons (Fsp3) is 0. The van der Waals surface area contributed by atoms with Gasteiger partial charge in [-0.05, 0) is 22.9 Å². The molecule has 2 nitrogen and oxygen atoms in total. The zero-order valence-electron chi connectivity index (χ0n) is 10.1. The molecule has 0 saturated heterocycles. The number of hydrogen-bond donors (Lipinski definition) is 0.